The van der Waals surface area contributed by atoms with Crippen LogP contribution < -0.4 is 0 Å². The van der Waals surface area contributed by atoms with Gasteiger partial charge in [0, 0.05) is 22.5 Å². The third-order valence-electron chi connectivity index (χ3n) is 2.69. The van der Waals surface area contributed by atoms with E-state index in [1.807, 2.05) is 35.3 Å². The van der Waals surface area contributed by atoms with Crippen LogP contribution in [0.4, 0.5) is 0 Å². The third kappa shape index (κ3) is 2.16. The van der Waals surface area contributed by atoms with Gasteiger partial charge >= 0.3 is 0 Å². The number of nitrogens with zero attached hydrogens (tertiary/aromatic N) is 3. The molecule has 0 aliphatic carbocycles. The number of hydrogen-bond acceptors (Lipinski definition) is 2. The van der Waals surface area contributed by atoms with Crippen LogP contribution in [0.5, 0.6) is 0 Å². The molecule has 1 aromatic carbocycles. The van der Waals surface area contributed by atoms with Gasteiger partial charge in [-0.2, -0.15) is 5.10 Å². The maximum Gasteiger partial charge on any atom is 0.158 e. The molecule has 0 unspecified atom stereocenters. The minimum absolute atomic E-state index is 0.761. The number of aromatic nitrogens is 3. The van der Waals surface area contributed by atoms with E-state index in [-0.39, 0.29) is 0 Å². The molecule has 3 rings (SSSR count). The highest BCUT2D eigenvalue weighted by Crippen LogP contribution is 2.21. The standard InChI is InChI=1S/C13H9BrIN3/c14-6-10-5-9-3-1-2-4-12(9)17-13(10)18-8-11(15)7-16-18/h1-5,7-8H,6H2. The maximum atomic E-state index is 4.70. The maximum absolute atomic E-state index is 4.70. The first-order chi connectivity index (χ1) is 8.78. The van der Waals surface area contributed by atoms with Crippen molar-refractivity contribution in [2.24, 2.45) is 0 Å². The van der Waals surface area contributed by atoms with Crippen LogP contribution in [-0.4, -0.2) is 14.8 Å². The van der Waals surface area contributed by atoms with Crippen molar-refractivity contribution in [2.75, 3.05) is 0 Å². The van der Waals surface area contributed by atoms with Gasteiger partial charge in [0.05, 0.1) is 15.3 Å². The first-order valence-corrected chi connectivity index (χ1v) is 7.63. The van der Waals surface area contributed by atoms with Crippen LogP contribution in [0.25, 0.3) is 16.7 Å². The molecular weight excluding hydrogens is 405 g/mol. The molecule has 2 heterocycles. The number of hydrogen-bond donors (Lipinski definition) is 0. The van der Waals surface area contributed by atoms with Gasteiger partial charge in [-0.15, -0.1) is 0 Å². The molecule has 0 atom stereocenters. The van der Waals surface area contributed by atoms with Crippen LogP contribution >= 0.6 is 38.5 Å². The van der Waals surface area contributed by atoms with E-state index in [1.54, 1.807) is 0 Å². The van der Waals surface area contributed by atoms with Crippen LogP contribution in [0, 0.1) is 3.57 Å². The lowest BCUT2D eigenvalue weighted by Gasteiger charge is -2.08. The lowest BCUT2D eigenvalue weighted by atomic mass is 10.1. The van der Waals surface area contributed by atoms with Crippen LogP contribution in [0.2, 0.25) is 0 Å². The Morgan fingerprint density at radius 3 is 2.83 bits per heavy atom. The van der Waals surface area contributed by atoms with Gasteiger partial charge in [0.1, 0.15) is 0 Å². The van der Waals surface area contributed by atoms with E-state index in [9.17, 15) is 0 Å². The third-order valence-corrected chi connectivity index (χ3v) is 3.85. The summed E-state index contributed by atoms with van der Waals surface area (Å²) in [5.41, 5.74) is 2.12. The minimum Gasteiger partial charge on any atom is -0.228 e. The molecule has 18 heavy (non-hydrogen) atoms. The van der Waals surface area contributed by atoms with Crippen molar-refractivity contribution < 1.29 is 0 Å². The van der Waals surface area contributed by atoms with E-state index in [1.165, 1.54) is 0 Å². The summed E-state index contributed by atoms with van der Waals surface area (Å²) < 4.78 is 2.92. The van der Waals surface area contributed by atoms with E-state index in [2.05, 4.69) is 55.8 Å². The summed E-state index contributed by atoms with van der Waals surface area (Å²) in [7, 11) is 0. The van der Waals surface area contributed by atoms with Crippen molar-refractivity contribution in [1.82, 2.24) is 14.8 Å². The Morgan fingerprint density at radius 1 is 1.28 bits per heavy atom. The van der Waals surface area contributed by atoms with Crippen molar-refractivity contribution >= 4 is 49.4 Å². The molecule has 0 saturated heterocycles. The molecule has 0 bridgehead atoms. The number of pyridine rings is 1. The SMILES string of the molecule is BrCc1cc2ccccc2nc1-n1cc(I)cn1. The molecule has 0 radical (unpaired) electrons. The number of alkyl halides is 1. The topological polar surface area (TPSA) is 30.7 Å². The second kappa shape index (κ2) is 4.97. The Labute approximate surface area is 126 Å². The molecule has 0 amide bonds. The van der Waals surface area contributed by atoms with Gasteiger partial charge in [0.15, 0.2) is 5.82 Å². The minimum atomic E-state index is 0.761. The summed E-state index contributed by atoms with van der Waals surface area (Å²) in [6.07, 6.45) is 3.80. The Kier molecular flexibility index (Phi) is 3.34. The predicted octanol–water partition coefficient (Wildman–Crippen LogP) is 3.92. The largest absolute Gasteiger partial charge is 0.228 e. The Balaban J connectivity index is 2.26. The van der Waals surface area contributed by atoms with Gasteiger partial charge in [-0.25, -0.2) is 9.67 Å². The highest BCUT2D eigenvalue weighted by molar-refractivity contribution is 14.1. The van der Waals surface area contributed by atoms with Gasteiger partial charge < -0.3 is 0 Å². The van der Waals surface area contributed by atoms with E-state index >= 15 is 0 Å². The van der Waals surface area contributed by atoms with Crippen molar-refractivity contribution in [2.45, 2.75) is 5.33 Å². The van der Waals surface area contributed by atoms with Gasteiger partial charge in [0.2, 0.25) is 0 Å². The second-order valence-corrected chi connectivity index (χ2v) is 5.71. The van der Waals surface area contributed by atoms with Gasteiger partial charge in [0.25, 0.3) is 0 Å². The summed E-state index contributed by atoms with van der Waals surface area (Å²) in [6.45, 7) is 0. The Morgan fingerprint density at radius 2 is 2.11 bits per heavy atom. The van der Waals surface area contributed by atoms with E-state index in [4.69, 9.17) is 4.98 Å². The fraction of sp³-hybridized carbons (Fsp3) is 0.0769. The first-order valence-electron chi connectivity index (χ1n) is 5.43. The van der Waals surface area contributed by atoms with Gasteiger partial charge in [-0.1, -0.05) is 34.1 Å². The van der Waals surface area contributed by atoms with Crippen LogP contribution in [0.3, 0.4) is 0 Å². The number of fused-ring (bicyclic) bond motifs is 1. The highest BCUT2D eigenvalue weighted by atomic mass is 127. The lowest BCUT2D eigenvalue weighted by Crippen LogP contribution is -2.02. The zero-order chi connectivity index (χ0) is 12.5. The fourth-order valence-electron chi connectivity index (χ4n) is 1.86. The summed E-state index contributed by atoms with van der Waals surface area (Å²) in [5.74, 6) is 0.883. The zero-order valence-corrected chi connectivity index (χ0v) is 13.1. The quantitative estimate of drug-likeness (QED) is 0.471. The average molecular weight is 414 g/mol. The molecule has 0 aliphatic rings. The van der Waals surface area contributed by atoms with Crippen molar-refractivity contribution in [3.05, 3.63) is 51.9 Å². The molecule has 3 nitrogen and oxygen atoms in total. The molecule has 0 aliphatic heterocycles. The Bertz CT molecular complexity index is 708. The zero-order valence-electron chi connectivity index (χ0n) is 9.35. The van der Waals surface area contributed by atoms with E-state index < -0.39 is 0 Å². The van der Waals surface area contributed by atoms with Gasteiger partial charge in [-0.05, 0) is 34.7 Å². The van der Waals surface area contributed by atoms with Crippen LogP contribution in [0.15, 0.2) is 42.7 Å². The highest BCUT2D eigenvalue weighted by Gasteiger charge is 2.09. The number of para-hydroxylation sites is 1. The van der Waals surface area contributed by atoms with Crippen LogP contribution in [0.1, 0.15) is 5.56 Å². The summed E-state index contributed by atoms with van der Waals surface area (Å²) in [6, 6.07) is 10.3. The first kappa shape index (κ1) is 12.1. The average Bonchev–Trinajstić information content (AvgIpc) is 2.83. The molecule has 0 saturated carbocycles. The molecular formula is C13H9BrIN3. The van der Waals surface area contributed by atoms with Gasteiger partial charge in [-0.3, -0.25) is 0 Å². The van der Waals surface area contributed by atoms with Crippen molar-refractivity contribution in [3.8, 4) is 5.82 Å². The van der Waals surface area contributed by atoms with Crippen molar-refractivity contribution in [1.29, 1.82) is 0 Å². The number of halogens is 2. The van der Waals surface area contributed by atoms with Crippen molar-refractivity contribution in [3.63, 3.8) is 0 Å². The predicted molar refractivity (Wildman–Crippen MR) is 84.2 cm³/mol. The van der Waals surface area contributed by atoms with E-state index in [0.29, 0.717) is 0 Å². The molecule has 0 N–H and O–H groups in total. The fourth-order valence-corrected chi connectivity index (χ4v) is 2.66. The molecule has 3 aromatic rings. The lowest BCUT2D eigenvalue weighted by molar-refractivity contribution is 0.843. The molecule has 90 valence electrons. The summed E-state index contributed by atoms with van der Waals surface area (Å²) >= 11 is 5.76. The second-order valence-electron chi connectivity index (χ2n) is 3.90. The van der Waals surface area contributed by atoms with E-state index in [0.717, 1.165) is 31.2 Å². The molecule has 5 heteroatoms. The summed E-state index contributed by atoms with van der Waals surface area (Å²) in [4.78, 5) is 4.70. The normalized spacial score (nSPS) is 11.0. The Hall–Kier alpha value is -0.950. The summed E-state index contributed by atoms with van der Waals surface area (Å²) in [5, 5.41) is 6.24. The molecule has 2 aromatic heterocycles. The van der Waals surface area contributed by atoms with Crippen LogP contribution in [-0.2, 0) is 5.33 Å². The molecule has 0 fully saturated rings. The molecule has 0 spiro atoms. The monoisotopic (exact) mass is 413 g/mol. The number of benzene rings is 1. The smallest absolute Gasteiger partial charge is 0.158 e. The number of rotatable bonds is 2.